The van der Waals surface area contributed by atoms with E-state index in [1.165, 1.54) is 0 Å². The van der Waals surface area contributed by atoms with E-state index in [0.29, 0.717) is 19.5 Å². The number of para-hydroxylation sites is 2. The maximum atomic E-state index is 11.5. The van der Waals surface area contributed by atoms with Crippen molar-refractivity contribution in [1.29, 1.82) is 0 Å². The first-order chi connectivity index (χ1) is 9.22. The Labute approximate surface area is 137 Å². The Morgan fingerprint density at radius 3 is 2.67 bits per heavy atom. The molecule has 2 rings (SSSR count). The third-order valence-electron chi connectivity index (χ3n) is 3.11. The van der Waals surface area contributed by atoms with E-state index >= 15 is 0 Å². The molecule has 1 amide bonds. The van der Waals surface area contributed by atoms with Gasteiger partial charge >= 0.3 is 0 Å². The van der Waals surface area contributed by atoms with Crippen LogP contribution >= 0.6 is 24.8 Å². The molecule has 0 saturated carbocycles. The molecule has 1 aromatic heterocycles. The number of nitrogens with zero attached hydrogens (tertiary/aromatic N) is 2. The zero-order valence-corrected chi connectivity index (χ0v) is 13.9. The number of imidazole rings is 1. The van der Waals surface area contributed by atoms with Gasteiger partial charge in [-0.1, -0.05) is 12.1 Å². The van der Waals surface area contributed by atoms with Crippen LogP contribution in [0.5, 0.6) is 0 Å². The number of rotatable bonds is 6. The molecule has 0 radical (unpaired) electrons. The molecule has 0 fully saturated rings. The van der Waals surface area contributed by atoms with Gasteiger partial charge in [0, 0.05) is 26.1 Å². The molecule has 118 valence electrons. The lowest BCUT2D eigenvalue weighted by Gasteiger charge is -2.08. The summed E-state index contributed by atoms with van der Waals surface area (Å²) < 4.78 is 2.13. The monoisotopic (exact) mass is 332 g/mol. The minimum absolute atomic E-state index is 0. The van der Waals surface area contributed by atoms with Gasteiger partial charge in [0.1, 0.15) is 5.82 Å². The van der Waals surface area contributed by atoms with Gasteiger partial charge in [-0.15, -0.1) is 24.8 Å². The Bertz CT molecular complexity index is 571. The van der Waals surface area contributed by atoms with Crippen LogP contribution in [0.25, 0.3) is 11.0 Å². The van der Waals surface area contributed by atoms with Crippen molar-refractivity contribution in [3.05, 3.63) is 30.1 Å². The highest BCUT2D eigenvalue weighted by Crippen LogP contribution is 2.14. The maximum Gasteiger partial charge on any atom is 0.221 e. The summed E-state index contributed by atoms with van der Waals surface area (Å²) in [5.41, 5.74) is 2.12. The molecule has 1 heterocycles. The molecule has 0 atom stereocenters. The summed E-state index contributed by atoms with van der Waals surface area (Å²) in [5.74, 6) is 1.06. The molecule has 0 unspecified atom stereocenters. The molecule has 0 bridgehead atoms. The van der Waals surface area contributed by atoms with Gasteiger partial charge in [0.15, 0.2) is 0 Å². The molecule has 0 spiro atoms. The number of hydrogen-bond acceptors (Lipinski definition) is 3. The van der Waals surface area contributed by atoms with E-state index < -0.39 is 0 Å². The molecule has 0 aliphatic rings. The number of carbonyl (C=O) groups is 1. The van der Waals surface area contributed by atoms with E-state index in [4.69, 9.17) is 0 Å². The van der Waals surface area contributed by atoms with Crippen LogP contribution in [-0.4, -0.2) is 35.6 Å². The first kappa shape index (κ1) is 19.7. The molecule has 0 saturated heterocycles. The zero-order chi connectivity index (χ0) is 13.7. The number of carbonyl (C=O) groups excluding carboxylic acids is 1. The molecule has 2 N–H and O–H groups in total. The molecule has 0 aliphatic carbocycles. The average molecular weight is 333 g/mol. The number of fused-ring (bicyclic) bond motifs is 1. The van der Waals surface area contributed by atoms with E-state index in [0.717, 1.165) is 23.4 Å². The minimum Gasteiger partial charge on any atom is -0.354 e. The van der Waals surface area contributed by atoms with Crippen LogP contribution in [0.15, 0.2) is 24.3 Å². The molecule has 0 aliphatic heterocycles. The second kappa shape index (κ2) is 9.60. The van der Waals surface area contributed by atoms with Crippen molar-refractivity contribution in [2.24, 2.45) is 0 Å². The van der Waals surface area contributed by atoms with E-state index in [-0.39, 0.29) is 30.7 Å². The largest absolute Gasteiger partial charge is 0.354 e. The van der Waals surface area contributed by atoms with E-state index in [1.54, 1.807) is 0 Å². The highest BCUT2D eigenvalue weighted by molar-refractivity contribution is 5.85. The van der Waals surface area contributed by atoms with Gasteiger partial charge < -0.3 is 15.2 Å². The number of amides is 1. The van der Waals surface area contributed by atoms with E-state index in [2.05, 4.69) is 26.3 Å². The van der Waals surface area contributed by atoms with Crippen LogP contribution in [0.4, 0.5) is 0 Å². The molecule has 1 aromatic carbocycles. The SMILES string of the molecule is CNCCC(=O)NCCn1c(C)nc2ccccc21.Cl.Cl. The van der Waals surface area contributed by atoms with Crippen molar-refractivity contribution in [2.75, 3.05) is 20.1 Å². The van der Waals surface area contributed by atoms with Crippen molar-refractivity contribution in [3.8, 4) is 0 Å². The van der Waals surface area contributed by atoms with Crippen LogP contribution in [0, 0.1) is 6.92 Å². The quantitative estimate of drug-likeness (QED) is 0.849. The summed E-state index contributed by atoms with van der Waals surface area (Å²) in [6.07, 6.45) is 0.514. The Hall–Kier alpha value is -1.30. The molecular formula is C14H22Cl2N4O. The second-order valence-electron chi connectivity index (χ2n) is 4.50. The number of nitrogens with one attached hydrogen (secondary N) is 2. The van der Waals surface area contributed by atoms with Gasteiger partial charge in [-0.2, -0.15) is 0 Å². The first-order valence-corrected chi connectivity index (χ1v) is 6.55. The first-order valence-electron chi connectivity index (χ1n) is 6.55. The Balaban J connectivity index is 0.00000200. The van der Waals surface area contributed by atoms with Crippen molar-refractivity contribution < 1.29 is 4.79 Å². The predicted octanol–water partition coefficient (Wildman–Crippen LogP) is 1.91. The summed E-state index contributed by atoms with van der Waals surface area (Å²) in [6, 6.07) is 8.05. The lowest BCUT2D eigenvalue weighted by atomic mass is 10.3. The van der Waals surface area contributed by atoms with Gasteiger partial charge in [0.05, 0.1) is 11.0 Å². The number of hydrogen-bond donors (Lipinski definition) is 2. The van der Waals surface area contributed by atoms with Gasteiger partial charge in [-0.25, -0.2) is 4.98 Å². The highest BCUT2D eigenvalue weighted by atomic mass is 35.5. The molecule has 2 aromatic rings. The third-order valence-corrected chi connectivity index (χ3v) is 3.11. The van der Waals surface area contributed by atoms with Crippen molar-refractivity contribution in [1.82, 2.24) is 20.2 Å². The summed E-state index contributed by atoms with van der Waals surface area (Å²) in [7, 11) is 1.84. The summed E-state index contributed by atoms with van der Waals surface area (Å²) >= 11 is 0. The van der Waals surface area contributed by atoms with Crippen molar-refractivity contribution >= 4 is 41.8 Å². The molecule has 5 nitrogen and oxygen atoms in total. The molecule has 7 heteroatoms. The Morgan fingerprint density at radius 2 is 1.95 bits per heavy atom. The summed E-state index contributed by atoms with van der Waals surface area (Å²) in [5, 5.41) is 5.88. The average Bonchev–Trinajstić information content (AvgIpc) is 2.73. The summed E-state index contributed by atoms with van der Waals surface area (Å²) in [6.45, 7) is 4.07. The van der Waals surface area contributed by atoms with Crippen LogP contribution in [0.3, 0.4) is 0 Å². The van der Waals surface area contributed by atoms with Crippen LogP contribution < -0.4 is 10.6 Å². The standard InChI is InChI=1S/C14H20N4O.2ClH/c1-11-17-12-5-3-4-6-13(12)18(11)10-9-16-14(19)7-8-15-2;;/h3-6,15H,7-10H2,1-2H3,(H,16,19);2*1H. The van der Waals surface area contributed by atoms with Gasteiger partial charge in [0.2, 0.25) is 5.91 Å². The van der Waals surface area contributed by atoms with E-state index in [1.807, 2.05) is 32.2 Å². The zero-order valence-electron chi connectivity index (χ0n) is 12.3. The lowest BCUT2D eigenvalue weighted by Crippen LogP contribution is -2.29. The molecule has 21 heavy (non-hydrogen) atoms. The topological polar surface area (TPSA) is 59.0 Å². The minimum atomic E-state index is 0. The second-order valence-corrected chi connectivity index (χ2v) is 4.50. The number of halogens is 2. The van der Waals surface area contributed by atoms with Crippen molar-refractivity contribution in [3.63, 3.8) is 0 Å². The lowest BCUT2D eigenvalue weighted by molar-refractivity contribution is -0.121. The number of benzene rings is 1. The fraction of sp³-hybridized carbons (Fsp3) is 0.429. The Morgan fingerprint density at radius 1 is 1.24 bits per heavy atom. The number of aryl methyl sites for hydroxylation is 1. The smallest absolute Gasteiger partial charge is 0.221 e. The highest BCUT2D eigenvalue weighted by Gasteiger charge is 2.06. The molecular weight excluding hydrogens is 311 g/mol. The fourth-order valence-electron chi connectivity index (χ4n) is 2.11. The van der Waals surface area contributed by atoms with Crippen molar-refractivity contribution in [2.45, 2.75) is 19.9 Å². The number of aromatic nitrogens is 2. The van der Waals surface area contributed by atoms with E-state index in [9.17, 15) is 4.79 Å². The predicted molar refractivity (Wildman–Crippen MR) is 90.5 cm³/mol. The third kappa shape index (κ3) is 5.19. The van der Waals surface area contributed by atoms with Gasteiger partial charge in [0.25, 0.3) is 0 Å². The fourth-order valence-corrected chi connectivity index (χ4v) is 2.11. The Kier molecular flexibility index (Phi) is 9.01. The maximum absolute atomic E-state index is 11.5. The van der Waals surface area contributed by atoms with Crippen LogP contribution in [0.2, 0.25) is 0 Å². The van der Waals surface area contributed by atoms with Crippen LogP contribution in [-0.2, 0) is 11.3 Å². The summed E-state index contributed by atoms with van der Waals surface area (Å²) in [4.78, 5) is 16.0. The normalized spacial score (nSPS) is 9.81. The van der Waals surface area contributed by atoms with Gasteiger partial charge in [-0.3, -0.25) is 4.79 Å². The van der Waals surface area contributed by atoms with Gasteiger partial charge in [-0.05, 0) is 26.1 Å². The van der Waals surface area contributed by atoms with Crippen LogP contribution in [0.1, 0.15) is 12.2 Å².